The van der Waals surface area contributed by atoms with Crippen molar-refractivity contribution in [2.24, 2.45) is 7.05 Å². The first-order chi connectivity index (χ1) is 11.0. The molecule has 0 amide bonds. The molecule has 1 heteroatoms. The Morgan fingerprint density at radius 1 is 0.696 bits per heavy atom. The van der Waals surface area contributed by atoms with E-state index in [0.717, 1.165) is 0 Å². The van der Waals surface area contributed by atoms with Crippen LogP contribution in [0.1, 0.15) is 22.3 Å². The first-order valence-electron chi connectivity index (χ1n) is 8.12. The summed E-state index contributed by atoms with van der Waals surface area (Å²) in [5, 5.41) is 0. The fourth-order valence-electron chi connectivity index (χ4n) is 3.50. The van der Waals surface area contributed by atoms with Gasteiger partial charge in [-0.15, -0.1) is 0 Å². The topological polar surface area (TPSA) is 3.88 Å². The van der Waals surface area contributed by atoms with Crippen molar-refractivity contribution in [2.75, 3.05) is 0 Å². The quantitative estimate of drug-likeness (QED) is 0.581. The average molecular weight is 302 g/mol. The molecule has 0 radical (unpaired) electrons. The van der Waals surface area contributed by atoms with Gasteiger partial charge in [0.15, 0.2) is 6.20 Å². The van der Waals surface area contributed by atoms with E-state index in [4.69, 9.17) is 0 Å². The van der Waals surface area contributed by atoms with Crippen molar-refractivity contribution in [3.63, 3.8) is 0 Å². The summed E-state index contributed by atoms with van der Waals surface area (Å²) in [5.41, 5.74) is 10.5. The summed E-state index contributed by atoms with van der Waals surface area (Å²) in [6.45, 7) is 8.75. The molecule has 0 aliphatic rings. The van der Waals surface area contributed by atoms with E-state index in [0.29, 0.717) is 0 Å². The lowest BCUT2D eigenvalue weighted by Crippen LogP contribution is -2.32. The predicted molar refractivity (Wildman–Crippen MR) is 97.4 cm³/mol. The number of nitrogens with zero attached hydrogens (tertiary/aromatic N) is 1. The van der Waals surface area contributed by atoms with Crippen LogP contribution in [0.4, 0.5) is 0 Å². The van der Waals surface area contributed by atoms with Crippen LogP contribution >= 0.6 is 0 Å². The molecular weight excluding hydrogens is 278 g/mol. The molecule has 3 aromatic rings. The van der Waals surface area contributed by atoms with Crippen LogP contribution in [0.15, 0.2) is 54.7 Å². The number of pyridine rings is 1. The molecule has 23 heavy (non-hydrogen) atoms. The van der Waals surface area contributed by atoms with Crippen molar-refractivity contribution in [2.45, 2.75) is 27.7 Å². The predicted octanol–water partition coefficient (Wildman–Crippen LogP) is 5.08. The summed E-state index contributed by atoms with van der Waals surface area (Å²) < 4.78 is 2.26. The maximum Gasteiger partial charge on any atom is 0.220 e. The zero-order valence-corrected chi connectivity index (χ0v) is 14.6. The fourth-order valence-corrected chi connectivity index (χ4v) is 3.50. The minimum absolute atomic E-state index is 1.28. The van der Waals surface area contributed by atoms with Crippen LogP contribution in [0.2, 0.25) is 0 Å². The highest BCUT2D eigenvalue weighted by atomic mass is 14.9. The van der Waals surface area contributed by atoms with Crippen LogP contribution in [-0.4, -0.2) is 0 Å². The fraction of sp³-hybridized carbons (Fsp3) is 0.227. The SMILES string of the molecule is Cc1cc(-c2c(C)cccc2C)c(-c2ccccc2C)[n+](C)c1. The highest BCUT2D eigenvalue weighted by Crippen LogP contribution is 2.35. The molecule has 0 saturated heterocycles. The van der Waals surface area contributed by atoms with Gasteiger partial charge in [0.05, 0.1) is 5.56 Å². The van der Waals surface area contributed by atoms with E-state index >= 15 is 0 Å². The Bertz CT molecular complexity index is 855. The van der Waals surface area contributed by atoms with Gasteiger partial charge in [0.25, 0.3) is 0 Å². The summed E-state index contributed by atoms with van der Waals surface area (Å²) in [5.74, 6) is 0. The van der Waals surface area contributed by atoms with E-state index in [9.17, 15) is 0 Å². The second-order valence-corrected chi connectivity index (χ2v) is 6.47. The Balaban J connectivity index is 2.40. The van der Waals surface area contributed by atoms with Crippen LogP contribution in [0, 0.1) is 27.7 Å². The number of rotatable bonds is 2. The van der Waals surface area contributed by atoms with E-state index < -0.39 is 0 Å². The molecule has 3 rings (SSSR count). The molecular formula is C22H24N+. The highest BCUT2D eigenvalue weighted by Gasteiger charge is 2.21. The highest BCUT2D eigenvalue weighted by molar-refractivity contribution is 5.83. The number of hydrogen-bond donors (Lipinski definition) is 0. The monoisotopic (exact) mass is 302 g/mol. The van der Waals surface area contributed by atoms with Crippen molar-refractivity contribution in [3.8, 4) is 22.4 Å². The summed E-state index contributed by atoms with van der Waals surface area (Å²) >= 11 is 0. The van der Waals surface area contributed by atoms with Gasteiger partial charge in [0.1, 0.15) is 7.05 Å². The second kappa shape index (κ2) is 6.00. The lowest BCUT2D eigenvalue weighted by Gasteiger charge is -2.15. The third-order valence-electron chi connectivity index (χ3n) is 4.53. The average Bonchev–Trinajstić information content (AvgIpc) is 2.48. The van der Waals surface area contributed by atoms with E-state index in [1.165, 1.54) is 44.6 Å². The molecule has 1 heterocycles. The Hall–Kier alpha value is -2.41. The Morgan fingerprint density at radius 3 is 1.96 bits per heavy atom. The number of aryl methyl sites for hydroxylation is 5. The van der Waals surface area contributed by atoms with Gasteiger partial charge in [-0.3, -0.25) is 0 Å². The molecule has 0 N–H and O–H groups in total. The second-order valence-electron chi connectivity index (χ2n) is 6.47. The molecule has 0 aliphatic carbocycles. The molecule has 0 aliphatic heterocycles. The van der Waals surface area contributed by atoms with E-state index in [2.05, 4.69) is 94.0 Å². The molecule has 0 unspecified atom stereocenters. The van der Waals surface area contributed by atoms with E-state index in [-0.39, 0.29) is 0 Å². The van der Waals surface area contributed by atoms with Crippen LogP contribution in [0.5, 0.6) is 0 Å². The first kappa shape index (κ1) is 15.5. The lowest BCUT2D eigenvalue weighted by atomic mass is 9.90. The van der Waals surface area contributed by atoms with Crippen LogP contribution in [-0.2, 0) is 7.05 Å². The minimum Gasteiger partial charge on any atom is -0.200 e. The van der Waals surface area contributed by atoms with Gasteiger partial charge < -0.3 is 0 Å². The van der Waals surface area contributed by atoms with Crippen molar-refractivity contribution in [1.82, 2.24) is 0 Å². The van der Waals surface area contributed by atoms with Gasteiger partial charge in [-0.2, -0.15) is 0 Å². The van der Waals surface area contributed by atoms with Gasteiger partial charge in [-0.25, -0.2) is 4.57 Å². The van der Waals surface area contributed by atoms with Gasteiger partial charge in [-0.05, 0) is 62.1 Å². The molecule has 116 valence electrons. The maximum absolute atomic E-state index is 2.32. The number of hydrogen-bond acceptors (Lipinski definition) is 0. The van der Waals surface area contributed by atoms with Crippen molar-refractivity contribution >= 4 is 0 Å². The Kier molecular flexibility index (Phi) is 4.04. The molecule has 0 atom stereocenters. The molecule has 0 bridgehead atoms. The first-order valence-corrected chi connectivity index (χ1v) is 8.12. The largest absolute Gasteiger partial charge is 0.220 e. The molecule has 0 saturated carbocycles. The molecule has 1 aromatic heterocycles. The summed E-state index contributed by atoms with van der Waals surface area (Å²) in [7, 11) is 2.14. The molecule has 0 spiro atoms. The minimum atomic E-state index is 1.28. The number of benzene rings is 2. The van der Waals surface area contributed by atoms with Crippen molar-refractivity contribution in [3.05, 3.63) is 77.0 Å². The van der Waals surface area contributed by atoms with Crippen LogP contribution in [0.25, 0.3) is 22.4 Å². The lowest BCUT2D eigenvalue weighted by molar-refractivity contribution is -0.660. The Labute approximate surface area is 139 Å². The Morgan fingerprint density at radius 2 is 1.30 bits per heavy atom. The van der Waals surface area contributed by atoms with E-state index in [1.54, 1.807) is 0 Å². The normalized spacial score (nSPS) is 10.8. The molecule has 0 fully saturated rings. The standard InChI is InChI=1S/C22H24N/c1-15-13-20(21-17(3)10-8-11-18(21)4)22(23(5)14-15)19-12-7-6-9-16(19)2/h6-14H,1-5H3/q+1. The van der Waals surface area contributed by atoms with Gasteiger partial charge in [0, 0.05) is 11.1 Å². The van der Waals surface area contributed by atoms with Crippen molar-refractivity contribution < 1.29 is 4.57 Å². The zero-order valence-electron chi connectivity index (χ0n) is 14.6. The molecule has 1 nitrogen and oxygen atoms in total. The van der Waals surface area contributed by atoms with Gasteiger partial charge in [-0.1, -0.05) is 36.4 Å². The summed E-state index contributed by atoms with van der Waals surface area (Å²) in [6, 6.07) is 17.5. The zero-order chi connectivity index (χ0) is 16.6. The third kappa shape index (κ3) is 2.79. The van der Waals surface area contributed by atoms with E-state index in [1.807, 2.05) is 0 Å². The van der Waals surface area contributed by atoms with Crippen LogP contribution in [0.3, 0.4) is 0 Å². The van der Waals surface area contributed by atoms with Gasteiger partial charge >= 0.3 is 0 Å². The summed E-state index contributed by atoms with van der Waals surface area (Å²) in [6.07, 6.45) is 2.21. The van der Waals surface area contributed by atoms with Crippen LogP contribution < -0.4 is 4.57 Å². The molecule has 2 aromatic carbocycles. The van der Waals surface area contributed by atoms with Gasteiger partial charge in [0.2, 0.25) is 5.69 Å². The van der Waals surface area contributed by atoms with Crippen molar-refractivity contribution in [1.29, 1.82) is 0 Å². The summed E-state index contributed by atoms with van der Waals surface area (Å²) in [4.78, 5) is 0. The third-order valence-corrected chi connectivity index (χ3v) is 4.53. The number of aromatic nitrogens is 1. The maximum atomic E-state index is 2.32. The smallest absolute Gasteiger partial charge is 0.200 e.